The highest BCUT2D eigenvalue weighted by Gasteiger charge is 2.16. The predicted octanol–water partition coefficient (Wildman–Crippen LogP) is 9.94. The van der Waals surface area contributed by atoms with Crippen molar-refractivity contribution >= 4 is 52.4 Å². The highest BCUT2D eigenvalue weighted by molar-refractivity contribution is 6.32. The van der Waals surface area contributed by atoms with Crippen molar-refractivity contribution in [2.45, 2.75) is 6.92 Å². The van der Waals surface area contributed by atoms with Crippen molar-refractivity contribution in [1.82, 2.24) is 0 Å². The maximum atomic E-state index is 12.4. The molecule has 6 rings (SSSR count). The lowest BCUT2D eigenvalue weighted by Gasteiger charge is -2.12. The summed E-state index contributed by atoms with van der Waals surface area (Å²) in [5.74, 6) is -1.71. The minimum atomic E-state index is -1.15. The maximum Gasteiger partial charge on any atom is 0.337 e. The molecule has 0 atom stereocenters. The second-order valence-electron chi connectivity index (χ2n) is 11.1. The topological polar surface area (TPSA) is 136 Å². The molecule has 0 saturated heterocycles. The fraction of sp³-hybridized carbons (Fsp3) is 0.0250. The molecule has 0 aromatic heterocycles. The first-order valence-electron chi connectivity index (χ1n) is 15.2. The number of carboxylic acids is 1. The predicted molar refractivity (Wildman–Crippen MR) is 198 cm³/mol. The van der Waals surface area contributed by atoms with Crippen LogP contribution in [-0.2, 0) is 0 Å². The van der Waals surface area contributed by atoms with Gasteiger partial charge in [0.1, 0.15) is 11.5 Å². The zero-order valence-corrected chi connectivity index (χ0v) is 28.0. The molecule has 2 amide bonds. The third-order valence-electron chi connectivity index (χ3n) is 7.62. The van der Waals surface area contributed by atoms with Crippen LogP contribution in [0.5, 0.6) is 11.5 Å². The van der Waals surface area contributed by atoms with E-state index in [0.29, 0.717) is 27.3 Å². The highest BCUT2D eigenvalue weighted by atomic mass is 35.5. The number of benzene rings is 6. The van der Waals surface area contributed by atoms with E-state index in [0.717, 1.165) is 22.4 Å². The van der Waals surface area contributed by atoms with Gasteiger partial charge in [-0.3, -0.25) is 9.59 Å². The molecule has 250 valence electrons. The Balaban J connectivity index is 0.000000195. The Morgan fingerprint density at radius 2 is 0.920 bits per heavy atom. The van der Waals surface area contributed by atoms with Crippen LogP contribution in [0.15, 0.2) is 133 Å². The molecule has 8 nitrogen and oxygen atoms in total. The molecule has 6 aromatic rings. The summed E-state index contributed by atoms with van der Waals surface area (Å²) < 4.78 is 0. The largest absolute Gasteiger partial charge is 0.506 e. The van der Waals surface area contributed by atoms with Crippen LogP contribution < -0.4 is 10.6 Å². The minimum absolute atomic E-state index is 0.0251. The average molecular weight is 706 g/mol. The van der Waals surface area contributed by atoms with Crippen LogP contribution in [0.4, 0.5) is 11.4 Å². The van der Waals surface area contributed by atoms with Crippen LogP contribution in [0.3, 0.4) is 0 Å². The molecule has 0 heterocycles. The maximum absolute atomic E-state index is 12.4. The van der Waals surface area contributed by atoms with Crippen molar-refractivity contribution in [3.63, 3.8) is 0 Å². The molecule has 0 saturated carbocycles. The number of aromatic hydroxyl groups is 2. The number of halogens is 2. The molecule has 50 heavy (non-hydrogen) atoms. The van der Waals surface area contributed by atoms with Gasteiger partial charge in [0.2, 0.25) is 0 Å². The summed E-state index contributed by atoms with van der Waals surface area (Å²) in [5, 5.41) is 34.5. The molecular formula is C40H30Cl2N2O6. The van der Waals surface area contributed by atoms with Crippen LogP contribution >= 0.6 is 23.2 Å². The van der Waals surface area contributed by atoms with E-state index in [-0.39, 0.29) is 33.7 Å². The van der Waals surface area contributed by atoms with E-state index < -0.39 is 11.9 Å². The van der Waals surface area contributed by atoms with Crippen molar-refractivity contribution in [3.05, 3.63) is 166 Å². The van der Waals surface area contributed by atoms with Gasteiger partial charge in [0.15, 0.2) is 0 Å². The van der Waals surface area contributed by atoms with Crippen molar-refractivity contribution in [3.8, 4) is 33.8 Å². The Morgan fingerprint density at radius 1 is 0.520 bits per heavy atom. The van der Waals surface area contributed by atoms with E-state index in [9.17, 15) is 29.7 Å². The van der Waals surface area contributed by atoms with Crippen LogP contribution in [-0.4, -0.2) is 33.1 Å². The molecule has 0 bridgehead atoms. The smallest absolute Gasteiger partial charge is 0.337 e. The molecular weight excluding hydrogens is 675 g/mol. The summed E-state index contributed by atoms with van der Waals surface area (Å²) in [6, 6.07) is 37.7. The van der Waals surface area contributed by atoms with E-state index in [4.69, 9.17) is 23.2 Å². The molecule has 0 aliphatic heterocycles. The number of carbonyl (C=O) groups is 3. The third-order valence-corrected chi connectivity index (χ3v) is 8.22. The van der Waals surface area contributed by atoms with Gasteiger partial charge in [0.25, 0.3) is 11.8 Å². The number of amides is 2. The van der Waals surface area contributed by atoms with Gasteiger partial charge in [0.05, 0.1) is 21.3 Å². The lowest BCUT2D eigenvalue weighted by atomic mass is 10.0. The lowest BCUT2D eigenvalue weighted by molar-refractivity contribution is 0.0697. The monoisotopic (exact) mass is 704 g/mol. The number of aryl methyl sites for hydroxylation is 1. The number of phenolic OH excluding ortho intramolecular Hbond substituents is 2. The molecule has 0 fully saturated rings. The molecule has 0 spiro atoms. The van der Waals surface area contributed by atoms with Gasteiger partial charge in [-0.25, -0.2) is 4.79 Å². The van der Waals surface area contributed by atoms with Crippen molar-refractivity contribution in [1.29, 1.82) is 0 Å². The fourth-order valence-electron chi connectivity index (χ4n) is 4.89. The Hall–Kier alpha value is -6.09. The van der Waals surface area contributed by atoms with Crippen molar-refractivity contribution in [2.24, 2.45) is 0 Å². The first kappa shape index (κ1) is 35.2. The Kier molecular flexibility index (Phi) is 11.2. The molecule has 0 aliphatic carbocycles. The molecule has 0 aliphatic rings. The molecule has 10 heteroatoms. The second kappa shape index (κ2) is 15.9. The Morgan fingerprint density at radius 3 is 1.38 bits per heavy atom. The quantitative estimate of drug-likeness (QED) is 0.112. The number of anilines is 2. The molecule has 0 unspecified atom stereocenters. The van der Waals surface area contributed by atoms with Gasteiger partial charge in [-0.15, -0.1) is 0 Å². The second-order valence-corrected chi connectivity index (χ2v) is 11.9. The van der Waals surface area contributed by atoms with Crippen LogP contribution in [0.2, 0.25) is 10.0 Å². The summed E-state index contributed by atoms with van der Waals surface area (Å²) in [5.41, 5.74) is 5.99. The fourth-order valence-corrected chi connectivity index (χ4v) is 5.25. The SMILES string of the molecule is Cc1ccc(-c2ccc(O)c(Cl)c2)cc1NC(=O)c1ccccc1.O=C(Nc1cc(-c2ccc(O)c(Cl)c2)ccc1C(=O)O)c1ccccc1. The number of hydrogen-bond donors (Lipinski definition) is 5. The van der Waals surface area contributed by atoms with Crippen molar-refractivity contribution < 1.29 is 29.7 Å². The minimum Gasteiger partial charge on any atom is -0.506 e. The summed E-state index contributed by atoms with van der Waals surface area (Å²) in [6.45, 7) is 1.94. The standard InChI is InChI=1S/C20H14ClNO4.C20H16ClNO2/c21-16-10-13(7-9-18(16)23)14-6-8-15(20(25)26)17(11-14)22-19(24)12-4-2-1-3-5-12;1-13-7-8-16(15-9-10-19(23)17(21)11-15)12-18(13)22-20(24)14-5-3-2-4-6-14/h1-11,23H,(H,22,24)(H,25,26);2-12,23H,1H3,(H,22,24). The zero-order chi connectivity index (χ0) is 35.8. The van der Waals surface area contributed by atoms with E-state index in [1.54, 1.807) is 84.9 Å². The van der Waals surface area contributed by atoms with Gasteiger partial charge in [-0.05, 0) is 101 Å². The first-order valence-corrected chi connectivity index (χ1v) is 15.9. The van der Waals surface area contributed by atoms with E-state index >= 15 is 0 Å². The van der Waals surface area contributed by atoms with Gasteiger partial charge in [-0.1, -0.05) is 89.9 Å². The number of carbonyl (C=O) groups excluding carboxylic acids is 2. The number of carboxylic acid groups (broad SMARTS) is 1. The van der Waals surface area contributed by atoms with E-state index in [2.05, 4.69) is 10.6 Å². The normalized spacial score (nSPS) is 10.4. The zero-order valence-electron chi connectivity index (χ0n) is 26.5. The van der Waals surface area contributed by atoms with Crippen LogP contribution in [0.1, 0.15) is 36.6 Å². The van der Waals surface area contributed by atoms with Crippen LogP contribution in [0.25, 0.3) is 22.3 Å². The van der Waals surface area contributed by atoms with Crippen LogP contribution in [0, 0.1) is 6.92 Å². The number of aromatic carboxylic acids is 1. The van der Waals surface area contributed by atoms with Gasteiger partial charge in [-0.2, -0.15) is 0 Å². The number of nitrogens with one attached hydrogen (secondary N) is 2. The molecule has 6 aromatic carbocycles. The summed E-state index contributed by atoms with van der Waals surface area (Å²) in [4.78, 5) is 36.2. The highest BCUT2D eigenvalue weighted by Crippen LogP contribution is 2.33. The Bertz CT molecular complexity index is 2190. The van der Waals surface area contributed by atoms with Gasteiger partial charge in [0, 0.05) is 16.8 Å². The van der Waals surface area contributed by atoms with E-state index in [1.807, 2.05) is 43.3 Å². The first-order chi connectivity index (χ1) is 24.0. The number of rotatable bonds is 7. The third kappa shape index (κ3) is 8.68. The van der Waals surface area contributed by atoms with Gasteiger partial charge < -0.3 is 26.0 Å². The summed E-state index contributed by atoms with van der Waals surface area (Å²) >= 11 is 11.9. The average Bonchev–Trinajstić information content (AvgIpc) is 3.12. The molecule has 5 N–H and O–H groups in total. The number of hydrogen-bond acceptors (Lipinski definition) is 5. The Labute approximate surface area is 298 Å². The lowest BCUT2D eigenvalue weighted by Crippen LogP contribution is -2.14. The summed E-state index contributed by atoms with van der Waals surface area (Å²) in [7, 11) is 0. The summed E-state index contributed by atoms with van der Waals surface area (Å²) in [6.07, 6.45) is 0. The van der Waals surface area contributed by atoms with Gasteiger partial charge >= 0.3 is 5.97 Å². The van der Waals surface area contributed by atoms with E-state index in [1.165, 1.54) is 12.1 Å². The number of phenols is 2. The molecule has 0 radical (unpaired) electrons. The van der Waals surface area contributed by atoms with Crippen molar-refractivity contribution in [2.75, 3.05) is 10.6 Å².